The van der Waals surface area contributed by atoms with E-state index < -0.39 is 0 Å². The molecule has 0 aromatic carbocycles. The van der Waals surface area contributed by atoms with Crippen molar-refractivity contribution in [3.63, 3.8) is 0 Å². The van der Waals surface area contributed by atoms with Crippen molar-refractivity contribution < 1.29 is 4.79 Å². The second-order valence-corrected chi connectivity index (χ2v) is 2.65. The molecule has 0 aliphatic heterocycles. The predicted octanol–water partition coefficient (Wildman–Crippen LogP) is -0.288. The fraction of sp³-hybridized carbons (Fsp3) is 0.333. The van der Waals surface area contributed by atoms with Crippen molar-refractivity contribution >= 4 is 5.91 Å². The van der Waals surface area contributed by atoms with Gasteiger partial charge in [0.2, 0.25) is 0 Å². The number of aryl methyl sites for hydroxylation is 1. The first-order valence-electron chi connectivity index (χ1n) is 3.93. The number of hydrogen-bond acceptors (Lipinski definition) is 2. The van der Waals surface area contributed by atoms with E-state index in [4.69, 9.17) is 6.42 Å². The van der Waals surface area contributed by atoms with Crippen LogP contribution in [0.4, 0.5) is 0 Å². The third-order valence-electron chi connectivity index (χ3n) is 1.71. The molecule has 68 valence electrons. The lowest BCUT2D eigenvalue weighted by Gasteiger charge is -2.01. The van der Waals surface area contributed by atoms with Gasteiger partial charge in [0.1, 0.15) is 0 Å². The average molecular weight is 177 g/mol. The molecule has 0 atom stereocenters. The summed E-state index contributed by atoms with van der Waals surface area (Å²) in [6, 6.07) is 0. The summed E-state index contributed by atoms with van der Waals surface area (Å²) >= 11 is 0. The first kappa shape index (κ1) is 9.33. The van der Waals surface area contributed by atoms with E-state index in [9.17, 15) is 4.79 Å². The lowest BCUT2D eigenvalue weighted by atomic mass is 10.3. The molecule has 0 bridgehead atoms. The first-order chi connectivity index (χ1) is 6.24. The molecular formula is C9H11N3O. The molecule has 0 unspecified atom stereocenters. The molecule has 0 saturated heterocycles. The second kappa shape index (κ2) is 4.31. The summed E-state index contributed by atoms with van der Waals surface area (Å²) in [7, 11) is 1.91. The molecular weight excluding hydrogens is 166 g/mol. The summed E-state index contributed by atoms with van der Waals surface area (Å²) in [5.74, 6) is 1.61. The smallest absolute Gasteiger partial charge is 0.295 e. The molecule has 0 fully saturated rings. The minimum absolute atomic E-state index is 0.373. The lowest BCUT2D eigenvalue weighted by molar-refractivity contribution is -0.115. The monoisotopic (exact) mass is 177 g/mol. The van der Waals surface area contributed by atoms with E-state index >= 15 is 0 Å². The number of terminal acetylenes is 1. The van der Waals surface area contributed by atoms with E-state index in [2.05, 4.69) is 10.3 Å². The number of imidazole rings is 1. The van der Waals surface area contributed by atoms with Gasteiger partial charge in [-0.1, -0.05) is 0 Å². The predicted molar refractivity (Wildman–Crippen MR) is 48.8 cm³/mol. The average Bonchev–Trinajstić information content (AvgIpc) is 2.52. The fourth-order valence-corrected chi connectivity index (χ4v) is 0.981. The normalized spacial score (nSPS) is 9.23. The Hall–Kier alpha value is -1.76. The topological polar surface area (TPSA) is 46.9 Å². The molecule has 1 heterocycles. The molecule has 1 amide bonds. The van der Waals surface area contributed by atoms with Crippen molar-refractivity contribution in [3.05, 3.63) is 18.2 Å². The van der Waals surface area contributed by atoms with E-state index in [1.54, 1.807) is 12.5 Å². The highest BCUT2D eigenvalue weighted by Gasteiger charge is 1.98. The number of rotatable bonds is 3. The van der Waals surface area contributed by atoms with Crippen molar-refractivity contribution in [2.24, 2.45) is 7.05 Å². The van der Waals surface area contributed by atoms with Crippen LogP contribution in [0.2, 0.25) is 0 Å². The number of amides is 1. The standard InChI is InChI=1S/C9H11N3O/c1-3-9(13)11-5-4-8-6-10-7-12(8)2/h1,6-7H,4-5H2,2H3,(H,11,13). The summed E-state index contributed by atoms with van der Waals surface area (Å²) in [5, 5.41) is 2.58. The number of aromatic nitrogens is 2. The summed E-state index contributed by atoms with van der Waals surface area (Å²) in [5.41, 5.74) is 1.07. The zero-order valence-electron chi connectivity index (χ0n) is 7.45. The number of nitrogens with zero attached hydrogens (tertiary/aromatic N) is 2. The van der Waals surface area contributed by atoms with Gasteiger partial charge < -0.3 is 9.88 Å². The Bertz CT molecular complexity index is 335. The Morgan fingerprint density at radius 1 is 1.85 bits per heavy atom. The number of nitrogens with one attached hydrogen (secondary N) is 1. The van der Waals surface area contributed by atoms with Gasteiger partial charge >= 0.3 is 0 Å². The van der Waals surface area contributed by atoms with Crippen molar-refractivity contribution in [1.82, 2.24) is 14.9 Å². The molecule has 1 aromatic heterocycles. The first-order valence-corrected chi connectivity index (χ1v) is 3.93. The molecule has 0 aliphatic rings. The van der Waals surface area contributed by atoms with Gasteiger partial charge in [0.15, 0.2) is 0 Å². The van der Waals surface area contributed by atoms with E-state index in [1.807, 2.05) is 17.5 Å². The van der Waals surface area contributed by atoms with Crippen LogP contribution in [0.3, 0.4) is 0 Å². The van der Waals surface area contributed by atoms with Crippen LogP contribution >= 0.6 is 0 Å². The molecule has 0 spiro atoms. The molecule has 0 aliphatic carbocycles. The van der Waals surface area contributed by atoms with Crippen LogP contribution in [0.15, 0.2) is 12.5 Å². The zero-order chi connectivity index (χ0) is 9.68. The fourth-order valence-electron chi connectivity index (χ4n) is 0.981. The lowest BCUT2D eigenvalue weighted by Crippen LogP contribution is -2.24. The second-order valence-electron chi connectivity index (χ2n) is 2.65. The van der Waals surface area contributed by atoms with Gasteiger partial charge in [-0.15, -0.1) is 6.42 Å². The summed E-state index contributed by atoms with van der Waals surface area (Å²) in [4.78, 5) is 14.6. The Balaban J connectivity index is 2.33. The summed E-state index contributed by atoms with van der Waals surface area (Å²) in [6.07, 6.45) is 9.11. The van der Waals surface area contributed by atoms with Crippen LogP contribution < -0.4 is 5.32 Å². The highest BCUT2D eigenvalue weighted by molar-refractivity contribution is 5.92. The van der Waals surface area contributed by atoms with Crippen molar-refractivity contribution in [1.29, 1.82) is 0 Å². The molecule has 1 N–H and O–H groups in total. The van der Waals surface area contributed by atoms with Crippen molar-refractivity contribution in [2.75, 3.05) is 6.54 Å². The maximum absolute atomic E-state index is 10.7. The van der Waals surface area contributed by atoms with Crippen molar-refractivity contribution in [2.45, 2.75) is 6.42 Å². The largest absolute Gasteiger partial charge is 0.345 e. The van der Waals surface area contributed by atoms with Gasteiger partial charge in [0.25, 0.3) is 5.91 Å². The summed E-state index contributed by atoms with van der Waals surface area (Å²) < 4.78 is 1.90. The Labute approximate surface area is 77.0 Å². The third-order valence-corrected chi connectivity index (χ3v) is 1.71. The molecule has 1 aromatic rings. The number of hydrogen-bond donors (Lipinski definition) is 1. The summed E-state index contributed by atoms with van der Waals surface area (Å²) in [6.45, 7) is 0.544. The van der Waals surface area contributed by atoms with Crippen LogP contribution in [-0.4, -0.2) is 22.0 Å². The maximum atomic E-state index is 10.7. The van der Waals surface area contributed by atoms with Crippen LogP contribution in [0, 0.1) is 12.3 Å². The zero-order valence-corrected chi connectivity index (χ0v) is 7.45. The van der Waals surface area contributed by atoms with Gasteiger partial charge in [-0.05, 0) is 5.92 Å². The minimum Gasteiger partial charge on any atom is -0.345 e. The molecule has 0 saturated carbocycles. The maximum Gasteiger partial charge on any atom is 0.295 e. The SMILES string of the molecule is C#CC(=O)NCCc1cncn1C. The van der Waals surface area contributed by atoms with Crippen LogP contribution in [0.5, 0.6) is 0 Å². The Morgan fingerprint density at radius 2 is 2.62 bits per heavy atom. The Morgan fingerprint density at radius 3 is 3.15 bits per heavy atom. The Kier molecular flexibility index (Phi) is 3.09. The molecule has 0 radical (unpaired) electrons. The molecule has 1 rings (SSSR count). The van der Waals surface area contributed by atoms with Crippen molar-refractivity contribution in [3.8, 4) is 12.3 Å². The van der Waals surface area contributed by atoms with Crippen LogP contribution in [0.25, 0.3) is 0 Å². The van der Waals surface area contributed by atoms with E-state index in [-0.39, 0.29) is 5.91 Å². The van der Waals surface area contributed by atoms with E-state index in [0.29, 0.717) is 6.54 Å². The minimum atomic E-state index is -0.373. The van der Waals surface area contributed by atoms with Gasteiger partial charge in [0.05, 0.1) is 6.33 Å². The molecule has 4 heteroatoms. The van der Waals surface area contributed by atoms with E-state index in [0.717, 1.165) is 12.1 Å². The van der Waals surface area contributed by atoms with E-state index in [1.165, 1.54) is 0 Å². The van der Waals surface area contributed by atoms with Gasteiger partial charge in [0, 0.05) is 31.9 Å². The molecule has 13 heavy (non-hydrogen) atoms. The highest BCUT2D eigenvalue weighted by Crippen LogP contribution is 1.95. The van der Waals surface area contributed by atoms with Crippen LogP contribution in [-0.2, 0) is 18.3 Å². The van der Waals surface area contributed by atoms with Gasteiger partial charge in [-0.2, -0.15) is 0 Å². The van der Waals surface area contributed by atoms with Crippen LogP contribution in [0.1, 0.15) is 5.69 Å². The van der Waals surface area contributed by atoms with Gasteiger partial charge in [-0.3, -0.25) is 4.79 Å². The van der Waals surface area contributed by atoms with Gasteiger partial charge in [-0.25, -0.2) is 4.98 Å². The highest BCUT2D eigenvalue weighted by atomic mass is 16.1. The number of carbonyl (C=O) groups excluding carboxylic acids is 1. The third kappa shape index (κ3) is 2.64. The molecule has 4 nitrogen and oxygen atoms in total. The number of carbonyl (C=O) groups is 1. The quantitative estimate of drug-likeness (QED) is 0.645.